The molecule has 1 aromatic heterocycles. The predicted octanol–water partition coefficient (Wildman–Crippen LogP) is 3.48. The van der Waals surface area contributed by atoms with Crippen LogP contribution in [0.1, 0.15) is 62.0 Å². The summed E-state index contributed by atoms with van der Waals surface area (Å²) in [7, 11) is 0. The first-order valence-corrected chi connectivity index (χ1v) is 12.3. The van der Waals surface area contributed by atoms with E-state index >= 15 is 0 Å². The van der Waals surface area contributed by atoms with Crippen molar-refractivity contribution >= 4 is 12.1 Å². The van der Waals surface area contributed by atoms with Crippen LogP contribution in [0.3, 0.4) is 0 Å². The zero-order chi connectivity index (χ0) is 26.9. The molecule has 2 N–H and O–H groups in total. The number of ether oxygens (including phenoxy) is 1. The van der Waals surface area contributed by atoms with Gasteiger partial charge in [0.25, 0.3) is 0 Å². The van der Waals surface area contributed by atoms with Crippen LogP contribution in [0, 0.1) is 5.82 Å². The number of rotatable bonds is 8. The lowest BCUT2D eigenvalue weighted by atomic mass is 9.95. The number of anilines is 1. The zero-order valence-electron chi connectivity index (χ0n) is 20.9. The second kappa shape index (κ2) is 10.9. The van der Waals surface area contributed by atoms with Gasteiger partial charge >= 0.3 is 6.36 Å². The normalized spacial score (nSPS) is 22.1. The van der Waals surface area contributed by atoms with Gasteiger partial charge in [-0.2, -0.15) is 0 Å². The highest BCUT2D eigenvalue weighted by atomic mass is 19.4. The molecule has 0 amide bonds. The number of aliphatic hydroxyl groups is 1. The van der Waals surface area contributed by atoms with Gasteiger partial charge in [-0.1, -0.05) is 13.0 Å². The maximum atomic E-state index is 14.0. The summed E-state index contributed by atoms with van der Waals surface area (Å²) >= 11 is 0. The van der Waals surface area contributed by atoms with Gasteiger partial charge in [0.05, 0.1) is 23.9 Å². The zero-order valence-corrected chi connectivity index (χ0v) is 20.9. The highest BCUT2D eigenvalue weighted by Gasteiger charge is 2.37. The average molecular weight is 526 g/mol. The van der Waals surface area contributed by atoms with Gasteiger partial charge in [-0.05, 0) is 43.9 Å². The van der Waals surface area contributed by atoms with Gasteiger partial charge in [0, 0.05) is 37.8 Å². The van der Waals surface area contributed by atoms with Gasteiger partial charge in [-0.3, -0.25) is 10.2 Å². The van der Waals surface area contributed by atoms with Crippen molar-refractivity contribution in [3.8, 4) is 5.75 Å². The molecule has 202 valence electrons. The SMILES string of the molecule is CC(C)NC(C(C=O)c1ccc(F)c(OC(F)(F)F)c1)N1CCN(c2ncnc3c2[C@H](C)C[C@H]3O)CC1. The van der Waals surface area contributed by atoms with Crippen LogP contribution in [-0.4, -0.2) is 71.0 Å². The first-order valence-electron chi connectivity index (χ1n) is 12.3. The van der Waals surface area contributed by atoms with Crippen LogP contribution in [-0.2, 0) is 4.79 Å². The minimum atomic E-state index is -5.06. The summed E-state index contributed by atoms with van der Waals surface area (Å²) < 4.78 is 56.1. The molecule has 0 bridgehead atoms. The molecule has 12 heteroatoms. The molecule has 2 heterocycles. The van der Waals surface area contributed by atoms with Gasteiger partial charge in [0.1, 0.15) is 18.4 Å². The maximum Gasteiger partial charge on any atom is 0.573 e. The number of nitrogens with one attached hydrogen (secondary N) is 1. The number of aromatic nitrogens is 2. The number of alkyl halides is 3. The van der Waals surface area contributed by atoms with Crippen LogP contribution >= 0.6 is 0 Å². The molecule has 2 unspecified atom stereocenters. The molecule has 0 saturated carbocycles. The van der Waals surface area contributed by atoms with E-state index in [0.29, 0.717) is 44.6 Å². The third-order valence-electron chi connectivity index (χ3n) is 6.84. The van der Waals surface area contributed by atoms with E-state index in [1.165, 1.54) is 12.4 Å². The first-order chi connectivity index (χ1) is 17.5. The third-order valence-corrected chi connectivity index (χ3v) is 6.84. The van der Waals surface area contributed by atoms with Gasteiger partial charge in [0.2, 0.25) is 0 Å². The molecule has 0 spiro atoms. The minimum Gasteiger partial charge on any atom is -0.403 e. The third kappa shape index (κ3) is 6.02. The number of fused-ring (bicyclic) bond motifs is 1. The molecule has 2 aromatic rings. The summed E-state index contributed by atoms with van der Waals surface area (Å²) in [6, 6.07) is 3.08. The molecular weight excluding hydrogens is 494 g/mol. The highest BCUT2D eigenvalue weighted by molar-refractivity contribution is 5.64. The molecule has 1 aliphatic heterocycles. The van der Waals surface area contributed by atoms with Crippen LogP contribution in [0.5, 0.6) is 5.75 Å². The summed E-state index contributed by atoms with van der Waals surface area (Å²) in [4.78, 5) is 25.2. The van der Waals surface area contributed by atoms with E-state index in [9.17, 15) is 27.5 Å². The molecule has 1 aliphatic carbocycles. The number of carbonyl (C=O) groups excluding carboxylic acids is 1. The van der Waals surface area contributed by atoms with Crippen LogP contribution in [0.2, 0.25) is 0 Å². The molecule has 4 atom stereocenters. The quantitative estimate of drug-likeness (QED) is 0.400. The Labute approximate surface area is 212 Å². The molecule has 37 heavy (non-hydrogen) atoms. The van der Waals surface area contributed by atoms with Crippen LogP contribution in [0.25, 0.3) is 0 Å². The molecular formula is C25H31F4N5O3. The summed E-state index contributed by atoms with van der Waals surface area (Å²) in [6.45, 7) is 8.10. The Morgan fingerprint density at radius 3 is 2.51 bits per heavy atom. The number of carbonyl (C=O) groups is 1. The summed E-state index contributed by atoms with van der Waals surface area (Å²) in [6.07, 6.45) is -3.49. The molecule has 4 rings (SSSR count). The number of hydrogen-bond donors (Lipinski definition) is 2. The monoisotopic (exact) mass is 525 g/mol. The highest BCUT2D eigenvalue weighted by Crippen LogP contribution is 2.43. The Hall–Kier alpha value is -2.83. The van der Waals surface area contributed by atoms with Crippen molar-refractivity contribution in [1.82, 2.24) is 20.2 Å². The van der Waals surface area contributed by atoms with Crippen LogP contribution < -0.4 is 15.0 Å². The molecule has 0 radical (unpaired) electrons. The fourth-order valence-corrected chi connectivity index (χ4v) is 5.21. The van der Waals surface area contributed by atoms with E-state index < -0.39 is 36.1 Å². The van der Waals surface area contributed by atoms with Crippen molar-refractivity contribution < 1.29 is 32.2 Å². The van der Waals surface area contributed by atoms with E-state index in [-0.39, 0.29) is 17.5 Å². The number of benzene rings is 1. The van der Waals surface area contributed by atoms with E-state index in [1.807, 2.05) is 20.8 Å². The molecule has 1 fully saturated rings. The number of hydrogen-bond acceptors (Lipinski definition) is 8. The number of nitrogens with zero attached hydrogens (tertiary/aromatic N) is 4. The molecule has 2 aliphatic rings. The van der Waals surface area contributed by atoms with E-state index in [1.54, 1.807) is 0 Å². The topological polar surface area (TPSA) is 90.8 Å². The lowest BCUT2D eigenvalue weighted by Crippen LogP contribution is -2.58. The van der Waals surface area contributed by atoms with E-state index in [0.717, 1.165) is 23.5 Å². The molecule has 8 nitrogen and oxygen atoms in total. The minimum absolute atomic E-state index is 0.0377. The number of aliphatic hydroxyl groups excluding tert-OH is 1. The fourth-order valence-electron chi connectivity index (χ4n) is 5.21. The molecule has 1 aromatic carbocycles. The summed E-state index contributed by atoms with van der Waals surface area (Å²) in [5, 5.41) is 13.7. The lowest BCUT2D eigenvalue weighted by Gasteiger charge is -2.43. The first kappa shape index (κ1) is 27.2. The van der Waals surface area contributed by atoms with E-state index in [2.05, 4.69) is 29.8 Å². The van der Waals surface area contributed by atoms with E-state index in [4.69, 9.17) is 0 Å². The largest absolute Gasteiger partial charge is 0.573 e. The average Bonchev–Trinajstić information content (AvgIpc) is 3.13. The smallest absolute Gasteiger partial charge is 0.403 e. The standard InChI is InChI=1S/C25H31F4N5O3/c1-14(2)32-23(17(12-35)16-4-5-18(26)20(11-16)37-25(27,28)29)33-6-8-34(9-7-33)24-21-15(3)10-19(36)22(21)30-13-31-24/h4-5,11-15,17,19,23,32,36H,6-10H2,1-3H3/t15-,17?,19-,23?/m1/s1. The molecule has 1 saturated heterocycles. The summed E-state index contributed by atoms with van der Waals surface area (Å²) in [5.41, 5.74) is 1.83. The van der Waals surface area contributed by atoms with Crippen molar-refractivity contribution in [3.63, 3.8) is 0 Å². The second-order valence-electron chi connectivity index (χ2n) is 9.84. The van der Waals surface area contributed by atoms with Crippen LogP contribution in [0.15, 0.2) is 24.5 Å². The van der Waals surface area contributed by atoms with Gasteiger partial charge in [-0.25, -0.2) is 14.4 Å². The predicted molar refractivity (Wildman–Crippen MR) is 128 cm³/mol. The number of piperazine rings is 1. The van der Waals surface area contributed by atoms with Gasteiger partial charge in [-0.15, -0.1) is 13.2 Å². The lowest BCUT2D eigenvalue weighted by molar-refractivity contribution is -0.275. The maximum absolute atomic E-state index is 14.0. The Morgan fingerprint density at radius 2 is 1.89 bits per heavy atom. The number of halogens is 4. The number of aldehydes is 1. The van der Waals surface area contributed by atoms with Gasteiger partial charge in [0.15, 0.2) is 11.6 Å². The Bertz CT molecular complexity index is 1110. The van der Waals surface area contributed by atoms with Crippen molar-refractivity contribution in [2.24, 2.45) is 0 Å². The fraction of sp³-hybridized carbons (Fsp3) is 0.560. The van der Waals surface area contributed by atoms with Crippen molar-refractivity contribution in [3.05, 3.63) is 47.2 Å². The van der Waals surface area contributed by atoms with Crippen LogP contribution in [0.4, 0.5) is 23.4 Å². The Kier molecular flexibility index (Phi) is 8.00. The Balaban J connectivity index is 1.55. The summed E-state index contributed by atoms with van der Waals surface area (Å²) in [5.74, 6) is -2.09. The van der Waals surface area contributed by atoms with Gasteiger partial charge < -0.3 is 19.5 Å². The second-order valence-corrected chi connectivity index (χ2v) is 9.84. The van der Waals surface area contributed by atoms with Crippen molar-refractivity contribution in [1.29, 1.82) is 0 Å². The Morgan fingerprint density at radius 1 is 1.19 bits per heavy atom. The van der Waals surface area contributed by atoms with Crippen molar-refractivity contribution in [2.45, 2.75) is 63.7 Å². The van der Waals surface area contributed by atoms with Crippen molar-refractivity contribution in [2.75, 3.05) is 31.1 Å².